The molecule has 3 nitrogen and oxygen atoms in total. The summed E-state index contributed by atoms with van der Waals surface area (Å²) in [4.78, 5) is 11.8. The number of hydrogen-bond acceptors (Lipinski definition) is 4. The SMILES string of the molecule is CCCCCCCCCCCCCC=C1CC[C@H](CC)[C@H](O)[C@H]1SCC(=O)OCC. The first-order valence-electron chi connectivity index (χ1n) is 12.8. The molecule has 30 heavy (non-hydrogen) atoms. The molecule has 176 valence electrons. The second-order valence-corrected chi connectivity index (χ2v) is 9.97. The van der Waals surface area contributed by atoms with Gasteiger partial charge in [-0.3, -0.25) is 4.79 Å². The van der Waals surface area contributed by atoms with Gasteiger partial charge in [0.1, 0.15) is 0 Å². The van der Waals surface area contributed by atoms with Crippen LogP contribution in [0.1, 0.15) is 117 Å². The maximum atomic E-state index is 11.8. The number of allylic oxidation sites excluding steroid dienone is 1. The number of ether oxygens (including phenoxy) is 1. The van der Waals surface area contributed by atoms with Crippen LogP contribution < -0.4 is 0 Å². The highest BCUT2D eigenvalue weighted by atomic mass is 32.2. The summed E-state index contributed by atoms with van der Waals surface area (Å²) in [6.07, 6.45) is 21.3. The number of thioether (sulfide) groups is 1. The van der Waals surface area contributed by atoms with Crippen molar-refractivity contribution < 1.29 is 14.6 Å². The van der Waals surface area contributed by atoms with E-state index >= 15 is 0 Å². The minimum absolute atomic E-state index is 0.0563. The number of carbonyl (C=O) groups excluding carboxylic acids is 1. The molecule has 0 aromatic rings. The largest absolute Gasteiger partial charge is 0.465 e. The summed E-state index contributed by atoms with van der Waals surface area (Å²) in [6.45, 7) is 6.69. The van der Waals surface area contributed by atoms with Crippen LogP contribution in [0.3, 0.4) is 0 Å². The van der Waals surface area contributed by atoms with Crippen molar-refractivity contribution in [2.45, 2.75) is 128 Å². The Morgan fingerprint density at radius 1 is 1.00 bits per heavy atom. The fourth-order valence-electron chi connectivity index (χ4n) is 4.46. The summed E-state index contributed by atoms with van der Waals surface area (Å²) in [5.41, 5.74) is 1.36. The maximum absolute atomic E-state index is 11.8. The van der Waals surface area contributed by atoms with Gasteiger partial charge >= 0.3 is 5.97 Å². The lowest BCUT2D eigenvalue weighted by atomic mass is 9.81. The molecule has 1 aliphatic carbocycles. The molecule has 4 heteroatoms. The third kappa shape index (κ3) is 11.8. The van der Waals surface area contributed by atoms with Gasteiger partial charge < -0.3 is 9.84 Å². The molecule has 1 fully saturated rings. The normalized spacial score (nSPS) is 23.1. The van der Waals surface area contributed by atoms with Gasteiger partial charge in [0.15, 0.2) is 0 Å². The molecule has 0 heterocycles. The third-order valence-electron chi connectivity index (χ3n) is 6.39. The predicted molar refractivity (Wildman–Crippen MR) is 131 cm³/mol. The third-order valence-corrected chi connectivity index (χ3v) is 7.73. The van der Waals surface area contributed by atoms with Crippen molar-refractivity contribution in [3.05, 3.63) is 11.6 Å². The van der Waals surface area contributed by atoms with Crippen molar-refractivity contribution in [3.8, 4) is 0 Å². The van der Waals surface area contributed by atoms with E-state index in [9.17, 15) is 9.90 Å². The standard InChI is InChI=1S/C26H48O3S/c1-4-7-8-9-10-11-12-13-14-15-16-17-18-23-20-19-22(5-2)25(28)26(23)30-21-24(27)29-6-3/h18,22,25-26,28H,4-17,19-21H2,1-3H3/t22-,25-,26-/m0/s1. The molecule has 0 radical (unpaired) electrons. The zero-order valence-electron chi connectivity index (χ0n) is 20.0. The minimum atomic E-state index is -0.341. The Balaban J connectivity index is 2.27. The highest BCUT2D eigenvalue weighted by molar-refractivity contribution is 8.00. The van der Waals surface area contributed by atoms with Gasteiger partial charge in [-0.05, 0) is 38.5 Å². The number of carbonyl (C=O) groups is 1. The van der Waals surface area contributed by atoms with Crippen LogP contribution in [0.15, 0.2) is 11.6 Å². The molecule has 0 bridgehead atoms. The zero-order chi connectivity index (χ0) is 22.0. The van der Waals surface area contributed by atoms with Gasteiger partial charge in [-0.1, -0.05) is 96.1 Å². The smallest absolute Gasteiger partial charge is 0.315 e. The molecule has 0 saturated heterocycles. The van der Waals surface area contributed by atoms with Gasteiger partial charge in [0.05, 0.1) is 23.7 Å². The molecule has 1 aliphatic rings. The van der Waals surface area contributed by atoms with E-state index in [0.717, 1.165) is 25.7 Å². The molecule has 0 aliphatic heterocycles. The van der Waals surface area contributed by atoms with Crippen molar-refractivity contribution in [1.29, 1.82) is 0 Å². The molecule has 0 aromatic carbocycles. The Bertz CT molecular complexity index is 463. The Labute approximate surface area is 190 Å². The lowest BCUT2D eigenvalue weighted by Crippen LogP contribution is -2.37. The fraction of sp³-hybridized carbons (Fsp3) is 0.885. The van der Waals surface area contributed by atoms with Crippen LogP contribution in [-0.2, 0) is 9.53 Å². The summed E-state index contributed by atoms with van der Waals surface area (Å²) in [6, 6.07) is 0. The number of rotatable bonds is 17. The number of unbranched alkanes of at least 4 members (excludes halogenated alkanes) is 11. The molecule has 1 saturated carbocycles. The first-order chi connectivity index (χ1) is 14.6. The van der Waals surface area contributed by atoms with Crippen LogP contribution >= 0.6 is 11.8 Å². The average molecular weight is 441 g/mol. The molecule has 0 aromatic heterocycles. The highest BCUT2D eigenvalue weighted by Gasteiger charge is 2.34. The van der Waals surface area contributed by atoms with E-state index in [-0.39, 0.29) is 17.3 Å². The molecule has 0 amide bonds. The van der Waals surface area contributed by atoms with E-state index in [0.29, 0.717) is 18.3 Å². The zero-order valence-corrected chi connectivity index (χ0v) is 20.8. The molecule has 0 spiro atoms. The predicted octanol–water partition coefficient (Wildman–Crippen LogP) is 7.46. The van der Waals surface area contributed by atoms with Gasteiger partial charge in [0.2, 0.25) is 0 Å². The van der Waals surface area contributed by atoms with Crippen LogP contribution in [-0.4, -0.2) is 34.8 Å². The number of aliphatic hydroxyl groups is 1. The molecule has 3 atom stereocenters. The van der Waals surface area contributed by atoms with Gasteiger partial charge in [-0.15, -0.1) is 11.8 Å². The van der Waals surface area contributed by atoms with Gasteiger partial charge in [-0.25, -0.2) is 0 Å². The van der Waals surface area contributed by atoms with Crippen LogP contribution in [0.2, 0.25) is 0 Å². The van der Waals surface area contributed by atoms with Crippen LogP contribution in [0.5, 0.6) is 0 Å². The van der Waals surface area contributed by atoms with Crippen molar-refractivity contribution in [1.82, 2.24) is 0 Å². The van der Waals surface area contributed by atoms with Crippen LogP contribution in [0, 0.1) is 5.92 Å². The molecule has 1 rings (SSSR count). The van der Waals surface area contributed by atoms with E-state index in [1.165, 1.54) is 76.2 Å². The summed E-state index contributed by atoms with van der Waals surface area (Å²) in [5, 5.41) is 10.9. The Morgan fingerprint density at radius 2 is 1.60 bits per heavy atom. The lowest BCUT2D eigenvalue weighted by Gasteiger charge is -2.36. The number of esters is 1. The van der Waals surface area contributed by atoms with Crippen molar-refractivity contribution >= 4 is 17.7 Å². The fourth-order valence-corrected chi connectivity index (χ4v) is 5.70. The minimum Gasteiger partial charge on any atom is -0.465 e. The number of aliphatic hydroxyl groups excluding tert-OH is 1. The number of hydrogen-bond donors (Lipinski definition) is 1. The van der Waals surface area contributed by atoms with Crippen molar-refractivity contribution in [3.63, 3.8) is 0 Å². The van der Waals surface area contributed by atoms with Gasteiger partial charge in [0.25, 0.3) is 0 Å². The first-order valence-corrected chi connectivity index (χ1v) is 13.8. The van der Waals surface area contributed by atoms with E-state index < -0.39 is 0 Å². The van der Waals surface area contributed by atoms with E-state index in [2.05, 4.69) is 19.9 Å². The van der Waals surface area contributed by atoms with E-state index in [4.69, 9.17) is 4.74 Å². The van der Waals surface area contributed by atoms with Gasteiger partial charge in [0, 0.05) is 0 Å². The monoisotopic (exact) mass is 440 g/mol. The second kappa shape index (κ2) is 18.1. The molecular weight excluding hydrogens is 392 g/mol. The average Bonchev–Trinajstić information content (AvgIpc) is 2.74. The lowest BCUT2D eigenvalue weighted by molar-refractivity contribution is -0.139. The van der Waals surface area contributed by atoms with E-state index in [1.54, 1.807) is 11.8 Å². The molecular formula is C26H48O3S. The first kappa shape index (κ1) is 27.6. The summed E-state index contributed by atoms with van der Waals surface area (Å²) in [7, 11) is 0. The van der Waals surface area contributed by atoms with E-state index in [1.807, 2.05) is 6.92 Å². The topological polar surface area (TPSA) is 46.5 Å². The summed E-state index contributed by atoms with van der Waals surface area (Å²) < 4.78 is 5.07. The Kier molecular flexibility index (Phi) is 16.6. The maximum Gasteiger partial charge on any atom is 0.315 e. The van der Waals surface area contributed by atoms with Crippen molar-refractivity contribution in [2.75, 3.05) is 12.4 Å². The summed E-state index contributed by atoms with van der Waals surface area (Å²) in [5.74, 6) is 0.517. The van der Waals surface area contributed by atoms with Crippen LogP contribution in [0.4, 0.5) is 0 Å². The Morgan fingerprint density at radius 3 is 2.17 bits per heavy atom. The van der Waals surface area contributed by atoms with Crippen molar-refractivity contribution in [2.24, 2.45) is 5.92 Å². The van der Waals surface area contributed by atoms with Gasteiger partial charge in [-0.2, -0.15) is 0 Å². The molecule has 0 unspecified atom stereocenters. The van der Waals surface area contributed by atoms with Crippen LogP contribution in [0.25, 0.3) is 0 Å². The molecule has 1 N–H and O–H groups in total. The summed E-state index contributed by atoms with van der Waals surface area (Å²) >= 11 is 1.57. The Hall–Kier alpha value is -0.480. The highest BCUT2D eigenvalue weighted by Crippen LogP contribution is 2.38. The second-order valence-electron chi connectivity index (χ2n) is 8.84. The quantitative estimate of drug-likeness (QED) is 0.145.